The number of carbonyl (C=O) groups excluding carboxylic acids is 1. The highest BCUT2D eigenvalue weighted by molar-refractivity contribution is 7.99. The fourth-order valence-electron chi connectivity index (χ4n) is 3.24. The molecule has 1 N–H and O–H groups in total. The zero-order chi connectivity index (χ0) is 19.5. The Kier molecular flexibility index (Phi) is 5.77. The lowest BCUT2D eigenvalue weighted by Gasteiger charge is -2.08. The molecule has 4 rings (SSSR count). The second kappa shape index (κ2) is 8.45. The fraction of sp³-hybridized carbons (Fsp3) is 0.400. The lowest BCUT2D eigenvalue weighted by atomic mass is 10.1. The third kappa shape index (κ3) is 4.28. The zero-order valence-electron chi connectivity index (χ0n) is 16.1. The van der Waals surface area contributed by atoms with Gasteiger partial charge in [0, 0.05) is 10.6 Å². The molecule has 2 heterocycles. The number of aromatic nitrogens is 4. The minimum atomic E-state index is -0.0662. The third-order valence-corrected chi connectivity index (χ3v) is 6.98. The van der Waals surface area contributed by atoms with E-state index >= 15 is 0 Å². The van der Waals surface area contributed by atoms with Gasteiger partial charge in [0.05, 0.1) is 11.4 Å². The number of benzene rings is 1. The van der Waals surface area contributed by atoms with E-state index in [0.717, 1.165) is 18.5 Å². The van der Waals surface area contributed by atoms with Gasteiger partial charge < -0.3 is 5.32 Å². The predicted octanol–water partition coefficient (Wildman–Crippen LogP) is 4.34. The van der Waals surface area contributed by atoms with Gasteiger partial charge in [-0.15, -0.1) is 21.5 Å². The molecule has 0 radical (unpaired) electrons. The molecule has 28 heavy (non-hydrogen) atoms. The van der Waals surface area contributed by atoms with Crippen LogP contribution in [0.25, 0.3) is 5.69 Å². The summed E-state index contributed by atoms with van der Waals surface area (Å²) in [5.41, 5.74) is 4.62. The number of rotatable bonds is 5. The molecule has 8 heteroatoms. The molecule has 3 aromatic rings. The van der Waals surface area contributed by atoms with Gasteiger partial charge >= 0.3 is 0 Å². The van der Waals surface area contributed by atoms with Crippen LogP contribution in [-0.2, 0) is 17.6 Å². The number of carbonyl (C=O) groups is 1. The van der Waals surface area contributed by atoms with E-state index in [1.165, 1.54) is 52.7 Å². The number of nitrogens with one attached hydrogen (secondary N) is 1. The fourth-order valence-corrected chi connectivity index (χ4v) is 5.04. The molecule has 0 unspecified atom stereocenters. The van der Waals surface area contributed by atoms with Crippen molar-refractivity contribution in [1.29, 1.82) is 0 Å². The first-order chi connectivity index (χ1) is 13.6. The summed E-state index contributed by atoms with van der Waals surface area (Å²) in [6.07, 6.45) is 7.46. The molecule has 1 aliphatic carbocycles. The van der Waals surface area contributed by atoms with Crippen LogP contribution in [-0.4, -0.2) is 31.4 Å². The highest BCUT2D eigenvalue weighted by atomic mass is 32.2. The van der Waals surface area contributed by atoms with Crippen LogP contribution in [0.5, 0.6) is 0 Å². The number of fused-ring (bicyclic) bond motifs is 1. The minimum absolute atomic E-state index is 0.0662. The predicted molar refractivity (Wildman–Crippen MR) is 114 cm³/mol. The maximum absolute atomic E-state index is 12.4. The Labute approximate surface area is 172 Å². The molecule has 1 amide bonds. The van der Waals surface area contributed by atoms with E-state index in [2.05, 4.69) is 46.5 Å². The van der Waals surface area contributed by atoms with Crippen molar-refractivity contribution in [2.45, 2.75) is 51.1 Å². The Morgan fingerprint density at radius 1 is 1.21 bits per heavy atom. The van der Waals surface area contributed by atoms with Crippen molar-refractivity contribution >= 4 is 34.1 Å². The van der Waals surface area contributed by atoms with Gasteiger partial charge in [0.2, 0.25) is 5.91 Å². The summed E-state index contributed by atoms with van der Waals surface area (Å²) >= 11 is 3.00. The number of thioether (sulfide) groups is 1. The van der Waals surface area contributed by atoms with Crippen LogP contribution < -0.4 is 5.32 Å². The Morgan fingerprint density at radius 2 is 2.07 bits per heavy atom. The second-order valence-electron chi connectivity index (χ2n) is 7.04. The first-order valence-corrected chi connectivity index (χ1v) is 11.3. The van der Waals surface area contributed by atoms with Crippen molar-refractivity contribution in [2.75, 3.05) is 11.1 Å². The Morgan fingerprint density at radius 3 is 2.93 bits per heavy atom. The molecule has 0 bridgehead atoms. The summed E-state index contributed by atoms with van der Waals surface area (Å²) in [4.78, 5) is 18.4. The van der Waals surface area contributed by atoms with Crippen molar-refractivity contribution in [3.63, 3.8) is 0 Å². The summed E-state index contributed by atoms with van der Waals surface area (Å²) in [6.45, 7) is 4.17. The number of thiazole rings is 1. The molecule has 146 valence electrons. The molecule has 0 atom stereocenters. The average molecular weight is 414 g/mol. The maximum atomic E-state index is 12.4. The number of anilines is 1. The van der Waals surface area contributed by atoms with Gasteiger partial charge in [-0.1, -0.05) is 24.2 Å². The Balaban J connectivity index is 1.39. The quantitative estimate of drug-likeness (QED) is 0.498. The van der Waals surface area contributed by atoms with E-state index < -0.39 is 0 Å². The molecule has 1 aliphatic rings. The topological polar surface area (TPSA) is 72.7 Å². The van der Waals surface area contributed by atoms with Gasteiger partial charge in [-0.05, 0) is 62.8 Å². The van der Waals surface area contributed by atoms with Crippen LogP contribution in [0.2, 0.25) is 0 Å². The average Bonchev–Trinajstić information content (AvgIpc) is 3.23. The SMILES string of the molecule is Cc1ccc(-n2cnnc2SCC(=O)Nc2nc3c(s2)CCCCC3)cc1C. The van der Waals surface area contributed by atoms with Crippen LogP contribution in [0.15, 0.2) is 29.7 Å². The number of aryl methyl sites for hydroxylation is 4. The van der Waals surface area contributed by atoms with E-state index in [0.29, 0.717) is 10.3 Å². The van der Waals surface area contributed by atoms with Gasteiger partial charge in [-0.3, -0.25) is 9.36 Å². The van der Waals surface area contributed by atoms with Gasteiger partial charge in [0.25, 0.3) is 0 Å². The molecular formula is C20H23N5OS2. The number of hydrogen-bond acceptors (Lipinski definition) is 6. The summed E-state index contributed by atoms with van der Waals surface area (Å²) in [6, 6.07) is 6.22. The van der Waals surface area contributed by atoms with E-state index in [-0.39, 0.29) is 11.7 Å². The number of hydrogen-bond donors (Lipinski definition) is 1. The Hall–Kier alpha value is -2.19. The molecule has 0 aliphatic heterocycles. The first kappa shape index (κ1) is 19.1. The molecule has 0 fully saturated rings. The van der Waals surface area contributed by atoms with Crippen LogP contribution in [0.3, 0.4) is 0 Å². The molecular weight excluding hydrogens is 390 g/mol. The Bertz CT molecular complexity index is 971. The minimum Gasteiger partial charge on any atom is -0.301 e. The van der Waals surface area contributed by atoms with Crippen LogP contribution in [0, 0.1) is 13.8 Å². The smallest absolute Gasteiger partial charge is 0.236 e. The lowest BCUT2D eigenvalue weighted by Crippen LogP contribution is -2.14. The zero-order valence-corrected chi connectivity index (χ0v) is 17.7. The summed E-state index contributed by atoms with van der Waals surface area (Å²) in [5.74, 6) is 0.205. The van der Waals surface area contributed by atoms with E-state index in [1.54, 1.807) is 17.7 Å². The molecule has 1 aromatic carbocycles. The lowest BCUT2D eigenvalue weighted by molar-refractivity contribution is -0.113. The maximum Gasteiger partial charge on any atom is 0.236 e. The second-order valence-corrected chi connectivity index (χ2v) is 9.06. The first-order valence-electron chi connectivity index (χ1n) is 9.49. The third-order valence-electron chi connectivity index (χ3n) is 4.96. The highest BCUT2D eigenvalue weighted by Gasteiger charge is 2.16. The molecule has 6 nitrogen and oxygen atoms in total. The van der Waals surface area contributed by atoms with Crippen LogP contribution >= 0.6 is 23.1 Å². The van der Waals surface area contributed by atoms with E-state index in [4.69, 9.17) is 0 Å². The van der Waals surface area contributed by atoms with Gasteiger partial charge in [-0.2, -0.15) is 0 Å². The normalized spacial score (nSPS) is 13.8. The van der Waals surface area contributed by atoms with E-state index in [9.17, 15) is 4.79 Å². The van der Waals surface area contributed by atoms with Crippen molar-refractivity contribution < 1.29 is 4.79 Å². The molecule has 0 spiro atoms. The van der Waals surface area contributed by atoms with Gasteiger partial charge in [0.15, 0.2) is 10.3 Å². The monoisotopic (exact) mass is 413 g/mol. The summed E-state index contributed by atoms with van der Waals surface area (Å²) in [5, 5.41) is 12.6. The van der Waals surface area contributed by atoms with Gasteiger partial charge in [0.1, 0.15) is 6.33 Å². The molecule has 0 saturated heterocycles. The summed E-state index contributed by atoms with van der Waals surface area (Å²) < 4.78 is 1.91. The standard InChI is InChI=1S/C20H23N5OS2/c1-13-8-9-15(10-14(13)2)25-12-21-24-20(25)27-11-18(26)23-19-22-16-6-4-3-5-7-17(16)28-19/h8-10,12H,3-7,11H2,1-2H3,(H,22,23,26). The van der Waals surface area contributed by atoms with E-state index in [1.807, 2.05) is 10.6 Å². The summed E-state index contributed by atoms with van der Waals surface area (Å²) in [7, 11) is 0. The van der Waals surface area contributed by atoms with Crippen molar-refractivity contribution in [1.82, 2.24) is 19.7 Å². The van der Waals surface area contributed by atoms with Crippen LogP contribution in [0.4, 0.5) is 5.13 Å². The van der Waals surface area contributed by atoms with Gasteiger partial charge in [-0.25, -0.2) is 4.98 Å². The van der Waals surface area contributed by atoms with Crippen molar-refractivity contribution in [2.24, 2.45) is 0 Å². The van der Waals surface area contributed by atoms with Crippen molar-refractivity contribution in [3.05, 3.63) is 46.2 Å². The number of amides is 1. The van der Waals surface area contributed by atoms with Crippen molar-refractivity contribution in [3.8, 4) is 5.69 Å². The molecule has 2 aromatic heterocycles. The molecule has 0 saturated carbocycles. The van der Waals surface area contributed by atoms with Crippen LogP contribution in [0.1, 0.15) is 41.0 Å². The number of nitrogens with zero attached hydrogens (tertiary/aromatic N) is 4. The largest absolute Gasteiger partial charge is 0.301 e. The highest BCUT2D eigenvalue weighted by Crippen LogP contribution is 2.29.